The summed E-state index contributed by atoms with van der Waals surface area (Å²) in [6.07, 6.45) is 5.88. The molecule has 1 aliphatic carbocycles. The molecule has 3 aromatic heterocycles. The van der Waals surface area contributed by atoms with Gasteiger partial charge in [0.15, 0.2) is 16.1 Å². The number of carbonyl (C=O) groups excluding carboxylic acids is 1. The standard InChI is InChI=1S/C16H16N6OS2/c1-10(23)18-15-19-12(8-24-15)9-25-16-21-20-14(22(16)13-4-5-13)11-3-2-6-17-7-11/h2-3,6-8,13H,4-5,9H2,1H3,(H,18,19,23). The number of amides is 1. The van der Waals surface area contributed by atoms with E-state index >= 15 is 0 Å². The fourth-order valence-electron chi connectivity index (χ4n) is 2.45. The highest BCUT2D eigenvalue weighted by molar-refractivity contribution is 7.98. The summed E-state index contributed by atoms with van der Waals surface area (Å²) in [7, 11) is 0. The largest absolute Gasteiger partial charge is 0.302 e. The highest BCUT2D eigenvalue weighted by Crippen LogP contribution is 2.41. The smallest absolute Gasteiger partial charge is 0.223 e. The molecule has 0 bridgehead atoms. The van der Waals surface area contributed by atoms with Gasteiger partial charge in [-0.3, -0.25) is 14.3 Å². The molecule has 4 rings (SSSR count). The van der Waals surface area contributed by atoms with Crippen LogP contribution in [0.5, 0.6) is 0 Å². The molecule has 0 aliphatic heterocycles. The Morgan fingerprint density at radius 3 is 3.04 bits per heavy atom. The number of anilines is 1. The molecule has 3 aromatic rings. The van der Waals surface area contributed by atoms with E-state index in [1.165, 1.54) is 18.3 Å². The molecule has 25 heavy (non-hydrogen) atoms. The number of thioether (sulfide) groups is 1. The van der Waals surface area contributed by atoms with Crippen LogP contribution >= 0.6 is 23.1 Å². The first-order valence-electron chi connectivity index (χ1n) is 7.91. The number of thiazole rings is 1. The predicted octanol–water partition coefficient (Wildman–Crippen LogP) is 3.38. The molecular formula is C16H16N6OS2. The average molecular weight is 372 g/mol. The van der Waals surface area contributed by atoms with Crippen LogP contribution < -0.4 is 5.32 Å². The van der Waals surface area contributed by atoms with Gasteiger partial charge in [0.05, 0.1) is 5.69 Å². The molecule has 7 nitrogen and oxygen atoms in total. The summed E-state index contributed by atoms with van der Waals surface area (Å²) in [4.78, 5) is 19.7. The quantitative estimate of drug-likeness (QED) is 0.668. The zero-order valence-electron chi connectivity index (χ0n) is 13.5. The Kier molecular flexibility index (Phi) is 4.50. The van der Waals surface area contributed by atoms with Crippen LogP contribution in [-0.2, 0) is 10.5 Å². The average Bonchev–Trinajstić information content (AvgIpc) is 3.20. The van der Waals surface area contributed by atoms with Crippen LogP contribution in [0.25, 0.3) is 11.4 Å². The molecule has 128 valence electrons. The number of aromatic nitrogens is 5. The van der Waals surface area contributed by atoms with E-state index in [-0.39, 0.29) is 5.91 Å². The molecule has 0 aromatic carbocycles. The second kappa shape index (κ2) is 6.93. The van der Waals surface area contributed by atoms with Crippen molar-refractivity contribution in [2.45, 2.75) is 36.7 Å². The number of rotatable bonds is 6. The molecule has 0 radical (unpaired) electrons. The summed E-state index contributed by atoms with van der Waals surface area (Å²) < 4.78 is 2.21. The van der Waals surface area contributed by atoms with Crippen molar-refractivity contribution in [3.8, 4) is 11.4 Å². The number of hydrogen-bond donors (Lipinski definition) is 1. The van der Waals surface area contributed by atoms with Crippen LogP contribution in [0.3, 0.4) is 0 Å². The summed E-state index contributed by atoms with van der Waals surface area (Å²) in [5, 5.41) is 15.0. The second-order valence-electron chi connectivity index (χ2n) is 5.76. The highest BCUT2D eigenvalue weighted by Gasteiger charge is 2.30. The van der Waals surface area contributed by atoms with Gasteiger partial charge in [-0.1, -0.05) is 11.8 Å². The molecule has 0 atom stereocenters. The first kappa shape index (κ1) is 16.2. The van der Waals surface area contributed by atoms with Crippen molar-refractivity contribution in [1.29, 1.82) is 0 Å². The van der Waals surface area contributed by atoms with Crippen molar-refractivity contribution in [1.82, 2.24) is 24.7 Å². The first-order chi connectivity index (χ1) is 12.2. The maximum Gasteiger partial charge on any atom is 0.223 e. The van der Waals surface area contributed by atoms with E-state index in [0.717, 1.165) is 35.1 Å². The Balaban J connectivity index is 1.52. The Bertz CT molecular complexity index is 887. The van der Waals surface area contributed by atoms with Crippen LogP contribution in [0.4, 0.5) is 5.13 Å². The lowest BCUT2D eigenvalue weighted by Crippen LogP contribution is -2.05. The van der Waals surface area contributed by atoms with E-state index in [1.54, 1.807) is 18.0 Å². The monoisotopic (exact) mass is 372 g/mol. The predicted molar refractivity (Wildman–Crippen MR) is 97.5 cm³/mol. The second-order valence-corrected chi connectivity index (χ2v) is 7.56. The van der Waals surface area contributed by atoms with Crippen LogP contribution in [0, 0.1) is 0 Å². The summed E-state index contributed by atoms with van der Waals surface area (Å²) in [6, 6.07) is 4.38. The SMILES string of the molecule is CC(=O)Nc1nc(CSc2nnc(-c3cccnc3)n2C2CC2)cs1. The van der Waals surface area contributed by atoms with Crippen molar-refractivity contribution in [3.63, 3.8) is 0 Å². The molecule has 0 unspecified atom stereocenters. The summed E-state index contributed by atoms with van der Waals surface area (Å²) in [6.45, 7) is 1.48. The van der Waals surface area contributed by atoms with Gasteiger partial charge in [-0.15, -0.1) is 21.5 Å². The number of hydrogen-bond acceptors (Lipinski definition) is 7. The highest BCUT2D eigenvalue weighted by atomic mass is 32.2. The molecule has 1 N–H and O–H groups in total. The van der Waals surface area contributed by atoms with Crippen molar-refractivity contribution in [2.24, 2.45) is 0 Å². The van der Waals surface area contributed by atoms with Gasteiger partial charge in [-0.05, 0) is 25.0 Å². The molecular weight excluding hydrogens is 356 g/mol. The van der Waals surface area contributed by atoms with Crippen LogP contribution in [-0.4, -0.2) is 30.6 Å². The van der Waals surface area contributed by atoms with E-state index in [0.29, 0.717) is 16.9 Å². The minimum absolute atomic E-state index is 0.108. The number of carbonyl (C=O) groups is 1. The zero-order chi connectivity index (χ0) is 17.2. The zero-order valence-corrected chi connectivity index (χ0v) is 15.2. The third-order valence-electron chi connectivity index (χ3n) is 3.68. The molecule has 3 heterocycles. The Hall–Kier alpha value is -2.26. The lowest BCUT2D eigenvalue weighted by atomic mass is 10.3. The maximum absolute atomic E-state index is 11.1. The molecule has 1 amide bonds. The Morgan fingerprint density at radius 1 is 1.44 bits per heavy atom. The van der Waals surface area contributed by atoms with Gasteiger partial charge in [0.25, 0.3) is 0 Å². The van der Waals surface area contributed by atoms with Gasteiger partial charge in [0.2, 0.25) is 5.91 Å². The van der Waals surface area contributed by atoms with Crippen LogP contribution in [0.2, 0.25) is 0 Å². The van der Waals surface area contributed by atoms with Crippen molar-refractivity contribution < 1.29 is 4.79 Å². The topological polar surface area (TPSA) is 85.6 Å². The number of pyridine rings is 1. The molecule has 1 saturated carbocycles. The van der Waals surface area contributed by atoms with Crippen LogP contribution in [0.15, 0.2) is 35.1 Å². The number of nitrogens with zero attached hydrogens (tertiary/aromatic N) is 5. The van der Waals surface area contributed by atoms with Crippen molar-refractivity contribution in [2.75, 3.05) is 5.32 Å². The Morgan fingerprint density at radius 2 is 2.32 bits per heavy atom. The maximum atomic E-state index is 11.1. The van der Waals surface area contributed by atoms with E-state index in [4.69, 9.17) is 0 Å². The molecule has 9 heteroatoms. The van der Waals surface area contributed by atoms with Crippen LogP contribution in [0.1, 0.15) is 31.5 Å². The third-order valence-corrected chi connectivity index (χ3v) is 5.46. The molecule has 0 saturated heterocycles. The Labute approximate surface area is 152 Å². The van der Waals surface area contributed by atoms with E-state index in [9.17, 15) is 4.79 Å². The van der Waals surface area contributed by atoms with Crippen molar-refractivity contribution in [3.05, 3.63) is 35.6 Å². The van der Waals surface area contributed by atoms with Crippen molar-refractivity contribution >= 4 is 34.1 Å². The minimum atomic E-state index is -0.108. The van der Waals surface area contributed by atoms with Gasteiger partial charge < -0.3 is 5.32 Å². The fourth-order valence-corrected chi connectivity index (χ4v) is 4.21. The summed E-state index contributed by atoms with van der Waals surface area (Å²) >= 11 is 3.05. The summed E-state index contributed by atoms with van der Waals surface area (Å²) in [5.41, 5.74) is 1.90. The lowest BCUT2D eigenvalue weighted by molar-refractivity contribution is -0.114. The fraction of sp³-hybridized carbons (Fsp3) is 0.312. The van der Waals surface area contributed by atoms with E-state index in [2.05, 4.69) is 30.0 Å². The van der Waals surface area contributed by atoms with Gasteiger partial charge >= 0.3 is 0 Å². The first-order valence-corrected chi connectivity index (χ1v) is 9.77. The van der Waals surface area contributed by atoms with E-state index in [1.807, 2.05) is 23.7 Å². The van der Waals surface area contributed by atoms with Gasteiger partial charge in [-0.25, -0.2) is 4.98 Å². The minimum Gasteiger partial charge on any atom is -0.302 e. The third kappa shape index (κ3) is 3.72. The molecule has 1 fully saturated rings. The number of nitrogens with one attached hydrogen (secondary N) is 1. The van der Waals surface area contributed by atoms with Gasteiger partial charge in [0.1, 0.15) is 0 Å². The molecule has 0 spiro atoms. The van der Waals surface area contributed by atoms with E-state index < -0.39 is 0 Å². The lowest BCUT2D eigenvalue weighted by Gasteiger charge is -2.08. The van der Waals surface area contributed by atoms with Gasteiger partial charge in [-0.2, -0.15) is 0 Å². The summed E-state index contributed by atoms with van der Waals surface area (Å²) in [5.74, 6) is 1.45. The normalized spacial score (nSPS) is 13.8. The molecule has 1 aliphatic rings. The van der Waals surface area contributed by atoms with Gasteiger partial charge in [0, 0.05) is 42.1 Å².